The summed E-state index contributed by atoms with van der Waals surface area (Å²) in [5.41, 5.74) is 5.50. The van der Waals surface area contributed by atoms with Crippen molar-refractivity contribution in [2.45, 2.75) is 26.2 Å². The Morgan fingerprint density at radius 2 is 2.12 bits per heavy atom. The molecular weight excluding hydrogens is 336 g/mol. The molecule has 0 atom stereocenters. The zero-order valence-electron chi connectivity index (χ0n) is 14.9. The molecule has 26 heavy (non-hydrogen) atoms. The molecule has 2 aliphatic heterocycles. The van der Waals surface area contributed by atoms with Gasteiger partial charge in [0.05, 0.1) is 23.5 Å². The van der Waals surface area contributed by atoms with Crippen molar-refractivity contribution in [1.82, 2.24) is 10.2 Å². The number of nitriles is 1. The third-order valence-corrected chi connectivity index (χ3v) is 4.16. The molecular formula is C19H23F2N5. The fraction of sp³-hybridized carbons (Fsp3) is 0.368. The Labute approximate surface area is 152 Å². The molecule has 0 unspecified atom stereocenters. The van der Waals surface area contributed by atoms with Gasteiger partial charge in [0.25, 0.3) is 0 Å². The van der Waals surface area contributed by atoms with Gasteiger partial charge in [-0.15, -0.1) is 0 Å². The second kappa shape index (κ2) is 8.99. The predicted octanol–water partition coefficient (Wildman–Crippen LogP) is 3.33. The summed E-state index contributed by atoms with van der Waals surface area (Å²) < 4.78 is 28.0. The van der Waals surface area contributed by atoms with Crippen molar-refractivity contribution in [2.75, 3.05) is 19.6 Å². The fourth-order valence-electron chi connectivity index (χ4n) is 2.70. The Hall–Kier alpha value is -2.88. The minimum Gasteiger partial charge on any atom is -0.397 e. The van der Waals surface area contributed by atoms with Gasteiger partial charge in [0.1, 0.15) is 23.6 Å². The number of likely N-dealkylation sites (tertiary alicyclic amines) is 1. The van der Waals surface area contributed by atoms with E-state index in [4.69, 9.17) is 5.73 Å². The molecule has 0 aromatic heterocycles. The van der Waals surface area contributed by atoms with Crippen LogP contribution in [0.1, 0.15) is 26.2 Å². The zero-order valence-corrected chi connectivity index (χ0v) is 14.9. The van der Waals surface area contributed by atoms with Crippen LogP contribution in [0.25, 0.3) is 0 Å². The summed E-state index contributed by atoms with van der Waals surface area (Å²) in [7, 11) is 0. The third-order valence-electron chi connectivity index (χ3n) is 4.16. The molecule has 0 bridgehead atoms. The van der Waals surface area contributed by atoms with E-state index in [9.17, 15) is 14.0 Å². The molecule has 0 saturated carbocycles. The van der Waals surface area contributed by atoms with Crippen LogP contribution in [-0.2, 0) is 0 Å². The number of nitrogens with zero attached hydrogens (tertiary/aromatic N) is 3. The van der Waals surface area contributed by atoms with Crippen LogP contribution in [-0.4, -0.2) is 30.4 Å². The van der Waals surface area contributed by atoms with E-state index in [0.717, 1.165) is 32.0 Å². The molecule has 1 fully saturated rings. The lowest BCUT2D eigenvalue weighted by Crippen LogP contribution is -2.35. The van der Waals surface area contributed by atoms with Crippen molar-refractivity contribution < 1.29 is 8.78 Å². The van der Waals surface area contributed by atoms with E-state index >= 15 is 0 Å². The van der Waals surface area contributed by atoms with Crippen molar-refractivity contribution in [3.05, 3.63) is 59.1 Å². The molecule has 5 nitrogen and oxygen atoms in total. The first-order valence-corrected chi connectivity index (χ1v) is 8.49. The monoisotopic (exact) mass is 359 g/mol. The average molecular weight is 359 g/mol. The van der Waals surface area contributed by atoms with Gasteiger partial charge in [0.15, 0.2) is 0 Å². The molecule has 2 rings (SSSR count). The van der Waals surface area contributed by atoms with Crippen molar-refractivity contribution in [1.29, 1.82) is 5.26 Å². The summed E-state index contributed by atoms with van der Waals surface area (Å²) in [5, 5.41) is 12.1. The summed E-state index contributed by atoms with van der Waals surface area (Å²) >= 11 is 0. The maximum absolute atomic E-state index is 14.4. The lowest BCUT2D eigenvalue weighted by atomic mass is 10.1. The van der Waals surface area contributed by atoms with Gasteiger partial charge in [-0.05, 0) is 38.3 Å². The lowest BCUT2D eigenvalue weighted by Gasteiger charge is -2.28. The van der Waals surface area contributed by atoms with E-state index in [-0.39, 0.29) is 23.5 Å². The van der Waals surface area contributed by atoms with Gasteiger partial charge in [-0.2, -0.15) is 5.26 Å². The number of rotatable bonds is 4. The van der Waals surface area contributed by atoms with E-state index in [1.165, 1.54) is 12.5 Å². The minimum absolute atomic E-state index is 0.00325. The number of piperidine rings is 1. The number of amidine groups is 1. The molecule has 2 heterocycles. The Morgan fingerprint density at radius 3 is 2.73 bits per heavy atom. The molecule has 0 aromatic carbocycles. The number of halogens is 2. The highest BCUT2D eigenvalue weighted by Crippen LogP contribution is 2.19. The highest BCUT2D eigenvalue weighted by Gasteiger charge is 2.17. The molecule has 0 aliphatic carbocycles. The van der Waals surface area contributed by atoms with E-state index in [2.05, 4.69) is 21.8 Å². The van der Waals surface area contributed by atoms with Gasteiger partial charge in [-0.3, -0.25) is 4.99 Å². The smallest absolute Gasteiger partial charge is 0.146 e. The van der Waals surface area contributed by atoms with Crippen LogP contribution >= 0.6 is 0 Å². The number of hydrogen-bond acceptors (Lipinski definition) is 5. The van der Waals surface area contributed by atoms with Crippen molar-refractivity contribution >= 4 is 5.84 Å². The normalized spacial score (nSPS) is 19.4. The van der Waals surface area contributed by atoms with Crippen LogP contribution in [0.4, 0.5) is 8.78 Å². The predicted molar refractivity (Wildman–Crippen MR) is 99.0 cm³/mol. The Bertz CT molecular complexity index is 759. The summed E-state index contributed by atoms with van der Waals surface area (Å²) in [4.78, 5) is 6.54. The number of aliphatic imine (C=N–C) groups is 1. The molecule has 3 N–H and O–H groups in total. The van der Waals surface area contributed by atoms with Crippen molar-refractivity contribution in [3.63, 3.8) is 0 Å². The van der Waals surface area contributed by atoms with Gasteiger partial charge in [-0.1, -0.05) is 6.58 Å². The molecule has 0 amide bonds. The summed E-state index contributed by atoms with van der Waals surface area (Å²) in [6, 6.07) is 1.88. The quantitative estimate of drug-likeness (QED) is 0.596. The Balaban J connectivity index is 2.29. The van der Waals surface area contributed by atoms with Crippen molar-refractivity contribution in [3.8, 4) is 6.07 Å². The van der Waals surface area contributed by atoms with Gasteiger partial charge in [0.2, 0.25) is 0 Å². The molecule has 138 valence electrons. The largest absolute Gasteiger partial charge is 0.397 e. The van der Waals surface area contributed by atoms with Crippen molar-refractivity contribution in [2.24, 2.45) is 10.7 Å². The van der Waals surface area contributed by atoms with Crippen LogP contribution in [0.5, 0.6) is 0 Å². The fourth-order valence-corrected chi connectivity index (χ4v) is 2.70. The number of allylic oxidation sites excluding steroid dienone is 5. The van der Waals surface area contributed by atoms with Crippen LogP contribution < -0.4 is 11.1 Å². The second-order valence-electron chi connectivity index (χ2n) is 6.15. The molecule has 0 radical (unpaired) electrons. The van der Waals surface area contributed by atoms with E-state index in [1.807, 2.05) is 6.07 Å². The number of nitrogens with two attached hydrogens (primary N) is 1. The van der Waals surface area contributed by atoms with E-state index in [0.29, 0.717) is 11.5 Å². The summed E-state index contributed by atoms with van der Waals surface area (Å²) in [6.45, 7) is 6.86. The third kappa shape index (κ3) is 5.06. The molecule has 0 spiro atoms. The first kappa shape index (κ1) is 19.4. The lowest BCUT2D eigenvalue weighted by molar-refractivity contribution is 0.343. The maximum atomic E-state index is 14.4. The number of nitrogens with one attached hydrogen (secondary N) is 1. The molecule has 7 heteroatoms. The van der Waals surface area contributed by atoms with Crippen LogP contribution in [0.2, 0.25) is 0 Å². The van der Waals surface area contributed by atoms with E-state index < -0.39 is 11.7 Å². The summed E-state index contributed by atoms with van der Waals surface area (Å²) in [5.74, 6) is -0.561. The standard InChI is InChI=1S/C19H23F2N5/c1-13(23)17(21)10-15(12-22)14(2)25-18-11-19(24-7-6-16(18)20)26-8-4-3-5-9-26/h6,10-11,25H,1,3-5,7-9,23H2,2H3/b15-14-,17-10+. The first-order chi connectivity index (χ1) is 12.4. The van der Waals surface area contributed by atoms with Crippen LogP contribution in [0.15, 0.2) is 64.1 Å². The number of hydrogen-bond donors (Lipinski definition) is 2. The highest BCUT2D eigenvalue weighted by atomic mass is 19.1. The zero-order chi connectivity index (χ0) is 19.1. The highest BCUT2D eigenvalue weighted by molar-refractivity contribution is 5.94. The molecule has 1 saturated heterocycles. The van der Waals surface area contributed by atoms with Gasteiger partial charge >= 0.3 is 0 Å². The molecule has 0 aromatic rings. The maximum Gasteiger partial charge on any atom is 0.146 e. The SMILES string of the molecule is C=C(N)/C(F)=C\C(C#N)=C(/C)NC1=CC(N2CCCCC2)=NCC=C1F. The van der Waals surface area contributed by atoms with E-state index in [1.54, 1.807) is 13.0 Å². The van der Waals surface area contributed by atoms with Gasteiger partial charge in [-0.25, -0.2) is 8.78 Å². The van der Waals surface area contributed by atoms with Gasteiger partial charge < -0.3 is 16.0 Å². The van der Waals surface area contributed by atoms with Crippen LogP contribution in [0.3, 0.4) is 0 Å². The van der Waals surface area contributed by atoms with Gasteiger partial charge in [0, 0.05) is 24.9 Å². The summed E-state index contributed by atoms with van der Waals surface area (Å²) in [6.07, 6.45) is 7.32. The second-order valence-corrected chi connectivity index (χ2v) is 6.15. The van der Waals surface area contributed by atoms with Crippen LogP contribution in [0, 0.1) is 11.3 Å². The minimum atomic E-state index is -0.802. The Morgan fingerprint density at radius 1 is 1.42 bits per heavy atom. The Kier molecular flexibility index (Phi) is 6.73. The average Bonchev–Trinajstić information content (AvgIpc) is 2.81. The first-order valence-electron chi connectivity index (χ1n) is 8.49. The molecule has 2 aliphatic rings. The topological polar surface area (TPSA) is 77.4 Å².